The van der Waals surface area contributed by atoms with Gasteiger partial charge in [0.1, 0.15) is 5.69 Å². The van der Waals surface area contributed by atoms with E-state index >= 15 is 0 Å². The van der Waals surface area contributed by atoms with E-state index in [0.717, 1.165) is 47.5 Å². The number of fused-ring (bicyclic) bond motifs is 2. The van der Waals surface area contributed by atoms with Crippen LogP contribution in [0, 0.1) is 0 Å². The van der Waals surface area contributed by atoms with Gasteiger partial charge in [-0.1, -0.05) is 26.8 Å². The first-order valence-electron chi connectivity index (χ1n) is 11.1. The number of nitrogens with zero attached hydrogens (tertiary/aromatic N) is 4. The van der Waals surface area contributed by atoms with Gasteiger partial charge in [-0.15, -0.1) is 0 Å². The molecule has 0 fully saturated rings. The Morgan fingerprint density at radius 2 is 2.03 bits per heavy atom. The molecule has 0 saturated heterocycles. The van der Waals surface area contributed by atoms with Gasteiger partial charge in [-0.25, -0.2) is 9.50 Å². The molecule has 1 N–H and O–H groups in total. The number of aromatic nitrogens is 3. The third-order valence-corrected chi connectivity index (χ3v) is 5.96. The van der Waals surface area contributed by atoms with Crippen LogP contribution >= 0.6 is 0 Å². The van der Waals surface area contributed by atoms with E-state index in [1.54, 1.807) is 0 Å². The van der Waals surface area contributed by atoms with E-state index in [9.17, 15) is 9.59 Å². The topological polar surface area (TPSA) is 79.6 Å². The van der Waals surface area contributed by atoms with Gasteiger partial charge in [0.05, 0.1) is 12.1 Å². The Morgan fingerprint density at radius 1 is 1.23 bits per heavy atom. The average molecular weight is 420 g/mol. The van der Waals surface area contributed by atoms with Crippen LogP contribution in [0.25, 0.3) is 16.9 Å². The van der Waals surface area contributed by atoms with Gasteiger partial charge in [-0.2, -0.15) is 5.10 Å². The second kappa shape index (κ2) is 8.49. The van der Waals surface area contributed by atoms with E-state index in [1.165, 1.54) is 0 Å². The number of carbonyl (C=O) groups excluding carboxylic acids is 2. The van der Waals surface area contributed by atoms with Crippen LogP contribution in [0.1, 0.15) is 62.3 Å². The maximum absolute atomic E-state index is 13.3. The zero-order valence-corrected chi connectivity index (χ0v) is 18.6. The van der Waals surface area contributed by atoms with E-state index < -0.39 is 0 Å². The van der Waals surface area contributed by atoms with E-state index in [2.05, 4.69) is 38.0 Å². The van der Waals surface area contributed by atoms with E-state index in [-0.39, 0.29) is 17.9 Å². The van der Waals surface area contributed by atoms with E-state index in [4.69, 9.17) is 5.10 Å². The number of carbonyl (C=O) groups is 2. The molecule has 2 aromatic heterocycles. The lowest BCUT2D eigenvalue weighted by molar-refractivity contribution is -0.115. The first-order chi connectivity index (χ1) is 14.9. The van der Waals surface area contributed by atoms with Crippen molar-refractivity contribution in [2.75, 3.05) is 11.9 Å². The monoisotopic (exact) mass is 419 g/mol. The van der Waals surface area contributed by atoms with Gasteiger partial charge in [0.15, 0.2) is 5.65 Å². The van der Waals surface area contributed by atoms with Gasteiger partial charge in [0, 0.05) is 35.6 Å². The lowest BCUT2D eigenvalue weighted by Gasteiger charge is -2.28. The van der Waals surface area contributed by atoms with Crippen molar-refractivity contribution in [2.24, 2.45) is 0 Å². The molecule has 1 unspecified atom stereocenters. The number of hydrogen-bond acceptors (Lipinski definition) is 4. The highest BCUT2D eigenvalue weighted by molar-refractivity contribution is 5.99. The Morgan fingerprint density at radius 3 is 2.74 bits per heavy atom. The van der Waals surface area contributed by atoms with Crippen LogP contribution in [0.2, 0.25) is 0 Å². The van der Waals surface area contributed by atoms with Crippen molar-refractivity contribution in [3.05, 3.63) is 47.3 Å². The third kappa shape index (κ3) is 3.92. The second-order valence-corrected chi connectivity index (χ2v) is 8.14. The largest absolute Gasteiger partial charge is 0.335 e. The van der Waals surface area contributed by atoms with Gasteiger partial charge in [0.25, 0.3) is 5.91 Å². The van der Waals surface area contributed by atoms with Crippen LogP contribution in [0.15, 0.2) is 30.3 Å². The van der Waals surface area contributed by atoms with Crippen molar-refractivity contribution in [1.29, 1.82) is 0 Å². The maximum atomic E-state index is 13.3. The van der Waals surface area contributed by atoms with Crippen molar-refractivity contribution in [1.82, 2.24) is 19.5 Å². The number of anilines is 1. The van der Waals surface area contributed by atoms with Crippen molar-refractivity contribution >= 4 is 23.1 Å². The highest BCUT2D eigenvalue weighted by atomic mass is 16.2. The zero-order chi connectivity index (χ0) is 22.1. The quantitative estimate of drug-likeness (QED) is 0.625. The van der Waals surface area contributed by atoms with E-state index in [0.29, 0.717) is 24.3 Å². The number of aryl methyl sites for hydroxylation is 1. The molecule has 162 valence electrons. The van der Waals surface area contributed by atoms with Crippen LogP contribution in [0.4, 0.5) is 5.69 Å². The summed E-state index contributed by atoms with van der Waals surface area (Å²) < 4.78 is 1.82. The fourth-order valence-corrected chi connectivity index (χ4v) is 4.06. The molecule has 1 aromatic carbocycles. The molecule has 1 aliphatic rings. The summed E-state index contributed by atoms with van der Waals surface area (Å²) in [6, 6.07) is 9.81. The lowest BCUT2D eigenvalue weighted by Crippen LogP contribution is -2.39. The summed E-state index contributed by atoms with van der Waals surface area (Å²) in [7, 11) is 0. The first-order valence-corrected chi connectivity index (χ1v) is 11.1. The molecule has 4 rings (SSSR count). The highest BCUT2D eigenvalue weighted by Crippen LogP contribution is 2.29. The van der Waals surface area contributed by atoms with Gasteiger partial charge in [-0.3, -0.25) is 9.59 Å². The van der Waals surface area contributed by atoms with E-state index in [1.807, 2.05) is 39.7 Å². The number of hydrogen-bond donors (Lipinski definition) is 1. The molecule has 31 heavy (non-hydrogen) atoms. The second-order valence-electron chi connectivity index (χ2n) is 8.14. The lowest BCUT2D eigenvalue weighted by atomic mass is 10.1. The Kier molecular flexibility index (Phi) is 5.76. The van der Waals surface area contributed by atoms with Gasteiger partial charge < -0.3 is 10.2 Å². The summed E-state index contributed by atoms with van der Waals surface area (Å²) >= 11 is 0. The number of rotatable bonds is 7. The van der Waals surface area contributed by atoms with Crippen LogP contribution in [-0.4, -0.2) is 43.9 Å². The molecule has 1 atom stereocenters. The molecule has 3 heterocycles. The van der Waals surface area contributed by atoms with Crippen molar-refractivity contribution in [2.45, 2.75) is 59.4 Å². The molecule has 0 aliphatic carbocycles. The molecule has 0 saturated carbocycles. The first kappa shape index (κ1) is 21.0. The molecule has 3 aromatic rings. The van der Waals surface area contributed by atoms with Crippen LogP contribution < -0.4 is 5.32 Å². The van der Waals surface area contributed by atoms with Gasteiger partial charge in [-0.05, 0) is 49.9 Å². The molecule has 0 radical (unpaired) electrons. The molecule has 7 nitrogen and oxygen atoms in total. The predicted octanol–water partition coefficient (Wildman–Crippen LogP) is 4.10. The fraction of sp³-hybridized carbons (Fsp3) is 0.417. The SMILES string of the molecule is CCCN(C(=O)c1cc(CC)n2nc(-c3ccc4c(c3)CC(=O)N4)cc2n1)C(C)CC. The van der Waals surface area contributed by atoms with Crippen LogP contribution in [0.3, 0.4) is 0 Å². The minimum absolute atomic E-state index is 0.0122. The average Bonchev–Trinajstić information content (AvgIpc) is 3.37. The van der Waals surface area contributed by atoms with Gasteiger partial charge >= 0.3 is 0 Å². The van der Waals surface area contributed by atoms with Crippen LogP contribution in [0.5, 0.6) is 0 Å². The molecule has 0 spiro atoms. The number of nitrogens with one attached hydrogen (secondary N) is 1. The van der Waals surface area contributed by atoms with Crippen LogP contribution in [-0.2, 0) is 17.6 Å². The summed E-state index contributed by atoms with van der Waals surface area (Å²) in [6.45, 7) is 9.03. The summed E-state index contributed by atoms with van der Waals surface area (Å²) in [6.07, 6.45) is 2.93. The smallest absolute Gasteiger partial charge is 0.272 e. The summed E-state index contributed by atoms with van der Waals surface area (Å²) in [5, 5.41) is 7.61. The third-order valence-electron chi connectivity index (χ3n) is 5.96. The predicted molar refractivity (Wildman–Crippen MR) is 121 cm³/mol. The van der Waals surface area contributed by atoms with Gasteiger partial charge in [0.2, 0.25) is 5.91 Å². The van der Waals surface area contributed by atoms with Crippen molar-refractivity contribution in [3.63, 3.8) is 0 Å². The normalized spacial score (nSPS) is 13.9. The molecule has 0 bridgehead atoms. The standard InChI is InChI=1S/C24H29N5O2/c1-5-10-28(15(4)6-2)24(31)21-13-18(7-3)29-22(25-21)14-20(27-29)16-8-9-19-17(11-16)12-23(30)26-19/h8-9,11,13-15H,5-7,10,12H2,1-4H3,(H,26,30). The fourth-order valence-electron chi connectivity index (χ4n) is 4.06. The Labute approximate surface area is 182 Å². The molecule has 2 amide bonds. The molecule has 1 aliphatic heterocycles. The molecular weight excluding hydrogens is 390 g/mol. The Hall–Kier alpha value is -3.22. The Bertz CT molecular complexity index is 1150. The summed E-state index contributed by atoms with van der Waals surface area (Å²) in [4.78, 5) is 31.5. The minimum Gasteiger partial charge on any atom is -0.335 e. The zero-order valence-electron chi connectivity index (χ0n) is 18.6. The maximum Gasteiger partial charge on any atom is 0.272 e. The highest BCUT2D eigenvalue weighted by Gasteiger charge is 2.23. The van der Waals surface area contributed by atoms with Crippen molar-refractivity contribution in [3.8, 4) is 11.3 Å². The minimum atomic E-state index is -0.0294. The Balaban J connectivity index is 1.74. The van der Waals surface area contributed by atoms with Crippen molar-refractivity contribution < 1.29 is 9.59 Å². The number of amides is 2. The number of benzene rings is 1. The molecular formula is C24H29N5O2. The summed E-state index contributed by atoms with van der Waals surface area (Å²) in [5.74, 6) is -0.0172. The summed E-state index contributed by atoms with van der Waals surface area (Å²) in [5.41, 5.74) is 5.62. The molecule has 7 heteroatoms.